The maximum atomic E-state index is 6.00. The zero-order valence-electron chi connectivity index (χ0n) is 20.6. The summed E-state index contributed by atoms with van der Waals surface area (Å²) in [5.41, 5.74) is 5.09. The van der Waals surface area contributed by atoms with Crippen molar-refractivity contribution in [2.45, 2.75) is 32.9 Å². The number of amidine groups is 2. The first-order valence-electron chi connectivity index (χ1n) is 11.6. The van der Waals surface area contributed by atoms with Crippen LogP contribution in [0.25, 0.3) is 0 Å². The van der Waals surface area contributed by atoms with Crippen molar-refractivity contribution in [3.63, 3.8) is 0 Å². The molecule has 0 N–H and O–H groups in total. The maximum Gasteiger partial charge on any atom is 0.167 e. The van der Waals surface area contributed by atoms with E-state index in [9.17, 15) is 0 Å². The Hall–Kier alpha value is -4.07. The van der Waals surface area contributed by atoms with Crippen LogP contribution in [0.5, 0.6) is 0 Å². The van der Waals surface area contributed by atoms with Gasteiger partial charge in [0.05, 0.1) is 36.8 Å². The first-order valence-corrected chi connectivity index (χ1v) is 11.6. The second-order valence-electron chi connectivity index (χ2n) is 8.48. The third-order valence-corrected chi connectivity index (χ3v) is 5.90. The van der Waals surface area contributed by atoms with Crippen molar-refractivity contribution in [1.82, 2.24) is 14.8 Å². The van der Waals surface area contributed by atoms with Gasteiger partial charge in [0.1, 0.15) is 6.61 Å². The largest absolute Gasteiger partial charge is 0.492 e. The Balaban J connectivity index is 1.41. The maximum absolute atomic E-state index is 6.00. The van der Waals surface area contributed by atoms with Crippen molar-refractivity contribution >= 4 is 11.7 Å². The zero-order valence-corrected chi connectivity index (χ0v) is 20.6. The number of aliphatic imine (C=N–C) groups is 2. The Morgan fingerprint density at radius 1 is 1.23 bits per heavy atom. The quantitative estimate of drug-likeness (QED) is 0.178. The molecule has 8 nitrogen and oxygen atoms in total. The molecule has 2 aromatic rings. The van der Waals surface area contributed by atoms with Crippen LogP contribution in [-0.2, 0) is 24.9 Å². The summed E-state index contributed by atoms with van der Waals surface area (Å²) in [5, 5.41) is 13.9. The molecule has 0 radical (unpaired) electrons. The van der Waals surface area contributed by atoms with Crippen LogP contribution in [0, 0.1) is 5.92 Å². The highest BCUT2D eigenvalue weighted by Crippen LogP contribution is 2.36. The molecule has 1 aromatic heterocycles. The minimum absolute atomic E-state index is 0.386. The fourth-order valence-electron chi connectivity index (χ4n) is 3.75. The Kier molecular flexibility index (Phi) is 7.50. The molecule has 0 spiro atoms. The van der Waals surface area contributed by atoms with Gasteiger partial charge in [-0.1, -0.05) is 48.7 Å². The molecule has 0 saturated heterocycles. The average Bonchev–Trinajstić information content (AvgIpc) is 3.60. The van der Waals surface area contributed by atoms with E-state index in [0.717, 1.165) is 28.1 Å². The number of aromatic nitrogens is 2. The molecule has 2 aliphatic rings. The molecular formula is C27H31N7O. The van der Waals surface area contributed by atoms with Gasteiger partial charge in [-0.05, 0) is 49.0 Å². The molecule has 180 valence electrons. The fourth-order valence-corrected chi connectivity index (χ4v) is 3.75. The van der Waals surface area contributed by atoms with Crippen LogP contribution in [0.3, 0.4) is 0 Å². The summed E-state index contributed by atoms with van der Waals surface area (Å²) < 4.78 is 7.81. The van der Waals surface area contributed by atoms with E-state index in [1.54, 1.807) is 29.1 Å². The highest BCUT2D eigenvalue weighted by atomic mass is 16.5. The summed E-state index contributed by atoms with van der Waals surface area (Å²) in [5.74, 6) is 2.85. The van der Waals surface area contributed by atoms with Crippen LogP contribution in [0.1, 0.15) is 42.1 Å². The van der Waals surface area contributed by atoms with Gasteiger partial charge in [-0.3, -0.25) is 9.69 Å². The van der Waals surface area contributed by atoms with Crippen LogP contribution < -0.4 is 0 Å². The number of allylic oxidation sites excluding steroid dienone is 5. The molecule has 2 heterocycles. The second-order valence-corrected chi connectivity index (χ2v) is 8.48. The predicted octanol–water partition coefficient (Wildman–Crippen LogP) is 5.51. The smallest absolute Gasteiger partial charge is 0.167 e. The van der Waals surface area contributed by atoms with E-state index in [-0.39, 0.29) is 0 Å². The minimum atomic E-state index is 0.386. The van der Waals surface area contributed by atoms with Crippen LogP contribution in [0.4, 0.5) is 0 Å². The van der Waals surface area contributed by atoms with Crippen LogP contribution >= 0.6 is 0 Å². The van der Waals surface area contributed by atoms with Crippen LogP contribution in [0.15, 0.2) is 99.7 Å². The van der Waals surface area contributed by atoms with Gasteiger partial charge in [-0.25, -0.2) is 9.98 Å². The standard InChI is InChI=1S/C27H31N7O/c1-6-21(22-13-14-22)12-11-19(3)35-18-25-24(16-29-33(25)5)27-30-26(31-27)23-10-8-9-20(15-23)17-34(7-2)32-28-4/h6-12,15-16,22H,1-2,13-14,17-18H2,3-5H3/b19-11+,21-12+,32-28?. The third-order valence-electron chi connectivity index (χ3n) is 5.90. The molecule has 4 rings (SSSR count). The monoisotopic (exact) mass is 469 g/mol. The molecule has 1 fully saturated rings. The first-order chi connectivity index (χ1) is 17.0. The van der Waals surface area contributed by atoms with E-state index < -0.39 is 0 Å². The molecule has 1 aliphatic heterocycles. The van der Waals surface area contributed by atoms with Gasteiger partial charge in [0.2, 0.25) is 0 Å². The molecule has 1 aromatic carbocycles. The zero-order chi connectivity index (χ0) is 24.8. The topological polar surface area (TPSA) is 79.7 Å². The Labute approximate surface area is 206 Å². The summed E-state index contributed by atoms with van der Waals surface area (Å²) in [6.07, 6.45) is 12.0. The first kappa shape index (κ1) is 24.1. The number of hydrogen-bond acceptors (Lipinski definition) is 6. The molecule has 0 unspecified atom stereocenters. The van der Waals surface area contributed by atoms with Crippen molar-refractivity contribution in [2.24, 2.45) is 33.3 Å². The molecule has 0 bridgehead atoms. The van der Waals surface area contributed by atoms with Gasteiger partial charge >= 0.3 is 0 Å². The fraction of sp³-hybridized carbons (Fsp3) is 0.296. The van der Waals surface area contributed by atoms with E-state index in [4.69, 9.17) is 4.74 Å². The number of ether oxygens (including phenoxy) is 1. The number of rotatable bonds is 12. The summed E-state index contributed by atoms with van der Waals surface area (Å²) in [6, 6.07) is 8.06. The number of aryl methyl sites for hydroxylation is 1. The second kappa shape index (κ2) is 10.9. The Morgan fingerprint density at radius 3 is 2.71 bits per heavy atom. The lowest BCUT2D eigenvalue weighted by Gasteiger charge is -2.16. The van der Waals surface area contributed by atoms with Gasteiger partial charge in [0.25, 0.3) is 0 Å². The molecule has 1 aliphatic carbocycles. The molecule has 1 saturated carbocycles. The molecule has 0 atom stereocenters. The van der Waals surface area contributed by atoms with Crippen molar-refractivity contribution < 1.29 is 4.74 Å². The Morgan fingerprint density at radius 2 is 2.03 bits per heavy atom. The molecule has 35 heavy (non-hydrogen) atoms. The summed E-state index contributed by atoms with van der Waals surface area (Å²) in [4.78, 5) is 9.37. The Bertz CT molecular complexity index is 1260. The summed E-state index contributed by atoms with van der Waals surface area (Å²) in [6.45, 7) is 10.6. The van der Waals surface area contributed by atoms with Gasteiger partial charge in [-0.15, -0.1) is 0 Å². The van der Waals surface area contributed by atoms with Gasteiger partial charge in [0.15, 0.2) is 11.7 Å². The minimum Gasteiger partial charge on any atom is -0.492 e. The van der Waals surface area contributed by atoms with Crippen LogP contribution in [-0.4, -0.2) is 33.5 Å². The van der Waals surface area contributed by atoms with Gasteiger partial charge < -0.3 is 4.74 Å². The number of hydrogen-bond donors (Lipinski definition) is 0. The van der Waals surface area contributed by atoms with E-state index in [0.29, 0.717) is 30.7 Å². The lowest BCUT2D eigenvalue weighted by Crippen LogP contribution is -2.18. The van der Waals surface area contributed by atoms with E-state index in [1.807, 2.05) is 44.3 Å². The number of benzene rings is 1. The van der Waals surface area contributed by atoms with Gasteiger partial charge in [0, 0.05) is 18.8 Å². The normalized spacial score (nSPS) is 16.0. The van der Waals surface area contributed by atoms with Crippen molar-refractivity contribution in [3.8, 4) is 0 Å². The van der Waals surface area contributed by atoms with Gasteiger partial charge in [-0.2, -0.15) is 10.2 Å². The van der Waals surface area contributed by atoms with E-state index >= 15 is 0 Å². The van der Waals surface area contributed by atoms with Crippen LogP contribution in [0.2, 0.25) is 0 Å². The molecule has 0 amide bonds. The number of nitrogens with zero attached hydrogens (tertiary/aromatic N) is 7. The lowest BCUT2D eigenvalue weighted by atomic mass is 10.1. The SMILES string of the molecule is C=C/C(=C\C=C(/C)OCc1c(C2=NC(c3cccc(CN(C=C)N=NC)c3)=N2)cnn1C)C1CC1. The van der Waals surface area contributed by atoms with Crippen molar-refractivity contribution in [1.29, 1.82) is 0 Å². The summed E-state index contributed by atoms with van der Waals surface area (Å²) >= 11 is 0. The van der Waals surface area contributed by atoms with E-state index in [1.165, 1.54) is 18.4 Å². The predicted molar refractivity (Wildman–Crippen MR) is 139 cm³/mol. The average molecular weight is 470 g/mol. The third kappa shape index (κ3) is 5.90. The van der Waals surface area contributed by atoms with Crippen molar-refractivity contribution in [2.75, 3.05) is 7.05 Å². The molecular weight excluding hydrogens is 438 g/mol. The molecule has 8 heteroatoms. The highest BCUT2D eigenvalue weighted by molar-refractivity contribution is 6.24. The van der Waals surface area contributed by atoms with E-state index in [2.05, 4.69) is 50.7 Å². The van der Waals surface area contributed by atoms with Crippen molar-refractivity contribution in [3.05, 3.63) is 102 Å². The highest BCUT2D eigenvalue weighted by Gasteiger charge is 2.24. The lowest BCUT2D eigenvalue weighted by molar-refractivity contribution is 0.193. The summed E-state index contributed by atoms with van der Waals surface area (Å²) in [7, 11) is 3.53.